The number of rotatable bonds is 4. The molecule has 106 valence electrons. The van der Waals surface area contributed by atoms with Crippen LogP contribution >= 0.6 is 0 Å². The summed E-state index contributed by atoms with van der Waals surface area (Å²) < 4.78 is 13.0. The summed E-state index contributed by atoms with van der Waals surface area (Å²) >= 11 is 0. The Morgan fingerprint density at radius 1 is 1.24 bits per heavy atom. The molecule has 0 fully saturated rings. The van der Waals surface area contributed by atoms with E-state index in [1.165, 1.54) is 12.1 Å². The molecule has 0 saturated heterocycles. The molecule has 0 aliphatic heterocycles. The first-order valence-corrected chi connectivity index (χ1v) is 6.68. The van der Waals surface area contributed by atoms with Crippen LogP contribution in [0.15, 0.2) is 48.8 Å². The number of fused-ring (bicyclic) bond motifs is 1. The van der Waals surface area contributed by atoms with E-state index in [1.54, 1.807) is 18.5 Å². The number of carbonyl (C=O) groups excluding carboxylic acids is 1. The SMILES string of the molecule is O=C(CCc1ccc2nc[nH]c2c1)Nc1cccc(F)c1. The first kappa shape index (κ1) is 13.3. The van der Waals surface area contributed by atoms with Crippen molar-refractivity contribution in [3.63, 3.8) is 0 Å². The number of nitrogens with zero attached hydrogens (tertiary/aromatic N) is 1. The van der Waals surface area contributed by atoms with Gasteiger partial charge in [-0.05, 0) is 42.3 Å². The molecule has 2 N–H and O–H groups in total. The summed E-state index contributed by atoms with van der Waals surface area (Å²) in [5, 5.41) is 2.69. The van der Waals surface area contributed by atoms with Crippen molar-refractivity contribution < 1.29 is 9.18 Å². The van der Waals surface area contributed by atoms with Gasteiger partial charge in [0.15, 0.2) is 0 Å². The molecule has 0 atom stereocenters. The quantitative estimate of drug-likeness (QED) is 0.772. The van der Waals surface area contributed by atoms with E-state index >= 15 is 0 Å². The summed E-state index contributed by atoms with van der Waals surface area (Å²) in [5.74, 6) is -0.497. The Morgan fingerprint density at radius 2 is 2.14 bits per heavy atom. The van der Waals surface area contributed by atoms with E-state index < -0.39 is 0 Å². The number of halogens is 1. The molecule has 1 amide bonds. The Hall–Kier alpha value is -2.69. The predicted molar refractivity (Wildman–Crippen MR) is 79.4 cm³/mol. The van der Waals surface area contributed by atoms with Gasteiger partial charge < -0.3 is 10.3 Å². The van der Waals surface area contributed by atoms with Crippen molar-refractivity contribution >= 4 is 22.6 Å². The molecule has 3 rings (SSSR count). The molecular formula is C16H14FN3O. The van der Waals surface area contributed by atoms with Gasteiger partial charge in [0.1, 0.15) is 5.82 Å². The number of anilines is 1. The highest BCUT2D eigenvalue weighted by Crippen LogP contribution is 2.14. The highest BCUT2D eigenvalue weighted by atomic mass is 19.1. The summed E-state index contributed by atoms with van der Waals surface area (Å²) in [6.45, 7) is 0. The lowest BCUT2D eigenvalue weighted by atomic mass is 10.1. The number of aromatic nitrogens is 2. The molecule has 1 aromatic heterocycles. The topological polar surface area (TPSA) is 57.8 Å². The van der Waals surface area contributed by atoms with Crippen molar-refractivity contribution in [1.29, 1.82) is 0 Å². The molecule has 0 saturated carbocycles. The van der Waals surface area contributed by atoms with Gasteiger partial charge in [-0.2, -0.15) is 0 Å². The van der Waals surface area contributed by atoms with Crippen molar-refractivity contribution in [1.82, 2.24) is 9.97 Å². The Kier molecular flexibility index (Phi) is 3.64. The second kappa shape index (κ2) is 5.75. The smallest absolute Gasteiger partial charge is 0.224 e. The predicted octanol–water partition coefficient (Wildman–Crippen LogP) is 3.27. The second-order valence-corrected chi connectivity index (χ2v) is 4.81. The number of hydrogen-bond donors (Lipinski definition) is 2. The van der Waals surface area contributed by atoms with Gasteiger partial charge in [-0.25, -0.2) is 9.37 Å². The average Bonchev–Trinajstić information content (AvgIpc) is 2.92. The summed E-state index contributed by atoms with van der Waals surface area (Å²) in [6, 6.07) is 11.7. The summed E-state index contributed by atoms with van der Waals surface area (Å²) in [4.78, 5) is 19.0. The van der Waals surface area contributed by atoms with Crippen molar-refractivity contribution in [3.8, 4) is 0 Å². The number of benzene rings is 2. The zero-order valence-corrected chi connectivity index (χ0v) is 11.3. The third kappa shape index (κ3) is 3.25. The standard InChI is InChI=1S/C16H14FN3O/c17-12-2-1-3-13(9-12)20-16(21)7-5-11-4-6-14-15(8-11)19-10-18-14/h1-4,6,8-10H,5,7H2,(H,18,19)(H,20,21). The number of aryl methyl sites for hydroxylation is 1. The number of imidazole rings is 1. The molecule has 0 spiro atoms. The lowest BCUT2D eigenvalue weighted by molar-refractivity contribution is -0.116. The maximum absolute atomic E-state index is 13.0. The van der Waals surface area contributed by atoms with Crippen LogP contribution in [0.1, 0.15) is 12.0 Å². The largest absolute Gasteiger partial charge is 0.345 e. The Morgan fingerprint density at radius 3 is 3.00 bits per heavy atom. The summed E-state index contributed by atoms with van der Waals surface area (Å²) in [7, 11) is 0. The van der Waals surface area contributed by atoms with Crippen molar-refractivity contribution in [2.24, 2.45) is 0 Å². The molecular weight excluding hydrogens is 269 g/mol. The molecule has 3 aromatic rings. The monoisotopic (exact) mass is 283 g/mol. The van der Waals surface area contributed by atoms with E-state index in [4.69, 9.17) is 0 Å². The Bertz CT molecular complexity index is 782. The van der Waals surface area contributed by atoms with Gasteiger partial charge in [0.05, 0.1) is 17.4 Å². The van der Waals surface area contributed by atoms with E-state index in [0.717, 1.165) is 16.6 Å². The summed E-state index contributed by atoms with van der Waals surface area (Å²) in [5.41, 5.74) is 3.39. The van der Waals surface area contributed by atoms with E-state index in [0.29, 0.717) is 18.5 Å². The summed E-state index contributed by atoms with van der Waals surface area (Å²) in [6.07, 6.45) is 2.61. The minimum absolute atomic E-state index is 0.134. The van der Waals surface area contributed by atoms with Gasteiger partial charge in [0.2, 0.25) is 5.91 Å². The zero-order valence-electron chi connectivity index (χ0n) is 11.3. The van der Waals surface area contributed by atoms with Crippen LogP contribution in [0.5, 0.6) is 0 Å². The minimum atomic E-state index is -0.363. The molecule has 21 heavy (non-hydrogen) atoms. The van der Waals surface area contributed by atoms with Gasteiger partial charge in [0, 0.05) is 12.1 Å². The maximum Gasteiger partial charge on any atom is 0.224 e. The lowest BCUT2D eigenvalue weighted by Gasteiger charge is -2.05. The van der Waals surface area contributed by atoms with Gasteiger partial charge in [0.25, 0.3) is 0 Å². The van der Waals surface area contributed by atoms with Crippen LogP contribution in [-0.2, 0) is 11.2 Å². The number of H-pyrrole nitrogens is 1. The van der Waals surface area contributed by atoms with Crippen molar-refractivity contribution in [2.75, 3.05) is 5.32 Å². The Labute approximate surface area is 121 Å². The number of nitrogens with one attached hydrogen (secondary N) is 2. The van der Waals surface area contributed by atoms with Crippen LogP contribution in [0, 0.1) is 5.82 Å². The number of hydrogen-bond acceptors (Lipinski definition) is 2. The first-order chi connectivity index (χ1) is 10.2. The van der Waals surface area contributed by atoms with Crippen molar-refractivity contribution in [2.45, 2.75) is 12.8 Å². The molecule has 0 unspecified atom stereocenters. The van der Waals surface area contributed by atoms with E-state index in [-0.39, 0.29) is 11.7 Å². The van der Waals surface area contributed by atoms with Crippen LogP contribution in [0.3, 0.4) is 0 Å². The number of amides is 1. The molecule has 5 heteroatoms. The second-order valence-electron chi connectivity index (χ2n) is 4.81. The van der Waals surface area contributed by atoms with Gasteiger partial charge in [-0.3, -0.25) is 4.79 Å². The molecule has 2 aromatic carbocycles. The van der Waals surface area contributed by atoms with E-state index in [9.17, 15) is 9.18 Å². The van der Waals surface area contributed by atoms with E-state index in [2.05, 4.69) is 15.3 Å². The van der Waals surface area contributed by atoms with Crippen LogP contribution in [0.4, 0.5) is 10.1 Å². The van der Waals surface area contributed by atoms with Gasteiger partial charge in [-0.15, -0.1) is 0 Å². The third-order valence-corrected chi connectivity index (χ3v) is 3.23. The fraction of sp³-hybridized carbons (Fsp3) is 0.125. The van der Waals surface area contributed by atoms with Crippen LogP contribution in [-0.4, -0.2) is 15.9 Å². The fourth-order valence-corrected chi connectivity index (χ4v) is 2.19. The van der Waals surface area contributed by atoms with Crippen molar-refractivity contribution in [3.05, 3.63) is 60.2 Å². The minimum Gasteiger partial charge on any atom is -0.345 e. The molecule has 4 nitrogen and oxygen atoms in total. The highest BCUT2D eigenvalue weighted by Gasteiger charge is 2.05. The number of carbonyl (C=O) groups is 1. The highest BCUT2D eigenvalue weighted by molar-refractivity contribution is 5.90. The molecule has 0 radical (unpaired) electrons. The van der Waals surface area contributed by atoms with Crippen LogP contribution in [0.2, 0.25) is 0 Å². The van der Waals surface area contributed by atoms with Gasteiger partial charge >= 0.3 is 0 Å². The van der Waals surface area contributed by atoms with Gasteiger partial charge in [-0.1, -0.05) is 12.1 Å². The lowest BCUT2D eigenvalue weighted by Crippen LogP contribution is -2.12. The fourth-order valence-electron chi connectivity index (χ4n) is 2.19. The van der Waals surface area contributed by atoms with E-state index in [1.807, 2.05) is 18.2 Å². The molecule has 0 aliphatic carbocycles. The third-order valence-electron chi connectivity index (χ3n) is 3.23. The Balaban J connectivity index is 1.60. The normalized spacial score (nSPS) is 10.7. The average molecular weight is 283 g/mol. The molecule has 0 aliphatic rings. The van der Waals surface area contributed by atoms with Crippen LogP contribution in [0.25, 0.3) is 11.0 Å². The molecule has 0 bridgehead atoms. The first-order valence-electron chi connectivity index (χ1n) is 6.68. The zero-order chi connectivity index (χ0) is 14.7. The number of aromatic amines is 1. The van der Waals surface area contributed by atoms with Crippen LogP contribution < -0.4 is 5.32 Å². The maximum atomic E-state index is 13.0. The molecule has 1 heterocycles.